The molecular weight excluding hydrogens is 307 g/mol. The van der Waals surface area contributed by atoms with Gasteiger partial charge in [0, 0.05) is 24.2 Å². The van der Waals surface area contributed by atoms with Crippen LogP contribution in [0.4, 0.5) is 4.39 Å². The maximum atomic E-state index is 13.9. The zero-order valence-electron chi connectivity index (χ0n) is 13.0. The molecular formula is C15H21FN2O3S. The van der Waals surface area contributed by atoms with Crippen molar-refractivity contribution in [1.82, 2.24) is 9.62 Å². The monoisotopic (exact) mass is 328 g/mol. The number of nitrogens with zero attached hydrogens (tertiary/aromatic N) is 1. The predicted molar refractivity (Wildman–Crippen MR) is 81.6 cm³/mol. The van der Waals surface area contributed by atoms with Crippen molar-refractivity contribution in [2.75, 3.05) is 6.54 Å². The number of hydrogen-bond donors (Lipinski definition) is 1. The third-order valence-electron chi connectivity index (χ3n) is 3.45. The van der Waals surface area contributed by atoms with Crippen molar-refractivity contribution >= 4 is 15.9 Å². The third-order valence-corrected chi connectivity index (χ3v) is 5.12. The maximum absolute atomic E-state index is 13.9. The molecule has 2 rings (SSSR count). The molecule has 0 spiro atoms. The summed E-state index contributed by atoms with van der Waals surface area (Å²) in [4.78, 5) is 13.7. The van der Waals surface area contributed by atoms with Crippen LogP contribution in [-0.4, -0.2) is 37.9 Å². The highest BCUT2D eigenvalue weighted by Crippen LogP contribution is 2.28. The molecule has 1 fully saturated rings. The van der Waals surface area contributed by atoms with Gasteiger partial charge in [-0.2, -0.15) is 0 Å². The summed E-state index contributed by atoms with van der Waals surface area (Å²) in [5.41, 5.74) is 0.194. The third kappa shape index (κ3) is 3.64. The number of benzene rings is 1. The summed E-state index contributed by atoms with van der Waals surface area (Å²) in [6, 6.07) is 3.34. The first-order chi connectivity index (χ1) is 10.3. The molecule has 0 bridgehead atoms. The van der Waals surface area contributed by atoms with E-state index in [1.807, 2.05) is 6.92 Å². The number of rotatable bonds is 6. The van der Waals surface area contributed by atoms with E-state index in [1.54, 1.807) is 18.7 Å². The van der Waals surface area contributed by atoms with Crippen molar-refractivity contribution in [2.45, 2.75) is 50.6 Å². The number of hydrogen-bond acceptors (Lipinski definition) is 3. The van der Waals surface area contributed by atoms with Gasteiger partial charge in [-0.25, -0.2) is 17.5 Å². The zero-order valence-corrected chi connectivity index (χ0v) is 13.8. The van der Waals surface area contributed by atoms with E-state index in [1.165, 1.54) is 6.07 Å². The molecule has 0 aliphatic heterocycles. The van der Waals surface area contributed by atoms with Gasteiger partial charge in [0.05, 0.1) is 0 Å². The van der Waals surface area contributed by atoms with E-state index in [4.69, 9.17) is 0 Å². The first-order valence-electron chi connectivity index (χ1n) is 7.39. The number of nitrogens with one attached hydrogen (secondary N) is 1. The number of halogens is 1. The lowest BCUT2D eigenvalue weighted by atomic mass is 10.2. The quantitative estimate of drug-likeness (QED) is 0.870. The molecule has 1 aliphatic rings. The van der Waals surface area contributed by atoms with Crippen LogP contribution in [0, 0.1) is 5.82 Å². The van der Waals surface area contributed by atoms with Crippen LogP contribution in [0.2, 0.25) is 0 Å². The molecule has 0 aromatic heterocycles. The standard InChI is InChI=1S/C15H21FN2O3S/c1-4-18(12-6-7-12)15(19)11-5-8-13(16)14(9-11)22(20,21)17-10(2)3/h5,8-10,12,17H,4,6-7H2,1-3H3. The van der Waals surface area contributed by atoms with Crippen LogP contribution in [0.15, 0.2) is 23.1 Å². The van der Waals surface area contributed by atoms with Crippen LogP contribution in [-0.2, 0) is 10.0 Å². The fourth-order valence-electron chi connectivity index (χ4n) is 2.34. The van der Waals surface area contributed by atoms with E-state index in [0.717, 1.165) is 25.0 Å². The van der Waals surface area contributed by atoms with Gasteiger partial charge in [0.25, 0.3) is 5.91 Å². The summed E-state index contributed by atoms with van der Waals surface area (Å²) in [5.74, 6) is -1.12. The van der Waals surface area contributed by atoms with E-state index in [2.05, 4.69) is 4.72 Å². The van der Waals surface area contributed by atoms with E-state index < -0.39 is 20.7 Å². The molecule has 1 N–H and O–H groups in total. The lowest BCUT2D eigenvalue weighted by Gasteiger charge is -2.21. The highest BCUT2D eigenvalue weighted by atomic mass is 32.2. The van der Waals surface area contributed by atoms with Crippen molar-refractivity contribution in [3.63, 3.8) is 0 Å². The molecule has 0 atom stereocenters. The second-order valence-corrected chi connectivity index (χ2v) is 7.43. The van der Waals surface area contributed by atoms with Crippen LogP contribution in [0.1, 0.15) is 44.0 Å². The first kappa shape index (κ1) is 16.9. The van der Waals surface area contributed by atoms with E-state index in [9.17, 15) is 17.6 Å². The molecule has 0 saturated heterocycles. The van der Waals surface area contributed by atoms with Crippen LogP contribution in [0.25, 0.3) is 0 Å². The minimum absolute atomic E-state index is 0.194. The first-order valence-corrected chi connectivity index (χ1v) is 8.87. The Kier molecular flexibility index (Phi) is 4.87. The molecule has 1 aromatic rings. The minimum Gasteiger partial charge on any atom is -0.336 e. The Morgan fingerprint density at radius 1 is 1.41 bits per heavy atom. The fourth-order valence-corrected chi connectivity index (χ4v) is 3.69. The summed E-state index contributed by atoms with van der Waals surface area (Å²) >= 11 is 0. The number of carbonyl (C=O) groups is 1. The Labute approximate surface area is 130 Å². The van der Waals surface area contributed by atoms with Gasteiger partial charge in [-0.15, -0.1) is 0 Å². The van der Waals surface area contributed by atoms with Crippen LogP contribution >= 0.6 is 0 Å². The van der Waals surface area contributed by atoms with Crippen molar-refractivity contribution in [3.8, 4) is 0 Å². The van der Waals surface area contributed by atoms with Gasteiger partial charge in [-0.1, -0.05) is 0 Å². The van der Waals surface area contributed by atoms with Crippen molar-refractivity contribution in [1.29, 1.82) is 0 Å². The Bertz CT molecular complexity index is 669. The molecule has 5 nitrogen and oxygen atoms in total. The van der Waals surface area contributed by atoms with Gasteiger partial charge in [-0.05, 0) is 51.8 Å². The summed E-state index contributed by atoms with van der Waals surface area (Å²) < 4.78 is 40.5. The summed E-state index contributed by atoms with van der Waals surface area (Å²) in [6.07, 6.45) is 1.92. The molecule has 7 heteroatoms. The normalized spacial score (nSPS) is 15.1. The SMILES string of the molecule is CCN(C(=O)c1ccc(F)c(S(=O)(=O)NC(C)C)c1)C1CC1. The Hall–Kier alpha value is -1.47. The maximum Gasteiger partial charge on any atom is 0.254 e. The summed E-state index contributed by atoms with van der Waals surface area (Å²) in [6.45, 7) is 5.72. The largest absolute Gasteiger partial charge is 0.336 e. The van der Waals surface area contributed by atoms with Crippen LogP contribution in [0.3, 0.4) is 0 Å². The van der Waals surface area contributed by atoms with Crippen molar-refractivity contribution in [2.24, 2.45) is 0 Å². The Morgan fingerprint density at radius 3 is 2.55 bits per heavy atom. The topological polar surface area (TPSA) is 66.5 Å². The highest BCUT2D eigenvalue weighted by molar-refractivity contribution is 7.89. The molecule has 0 radical (unpaired) electrons. The zero-order chi connectivity index (χ0) is 16.5. The lowest BCUT2D eigenvalue weighted by molar-refractivity contribution is 0.0752. The minimum atomic E-state index is -3.98. The van der Waals surface area contributed by atoms with Crippen LogP contribution in [0.5, 0.6) is 0 Å². The molecule has 1 aliphatic carbocycles. The Balaban J connectivity index is 2.36. The number of carbonyl (C=O) groups excluding carboxylic acids is 1. The van der Waals surface area contributed by atoms with Gasteiger partial charge in [-0.3, -0.25) is 4.79 Å². The molecule has 1 aromatic carbocycles. The molecule has 1 saturated carbocycles. The summed E-state index contributed by atoms with van der Waals surface area (Å²) in [5, 5.41) is 0. The van der Waals surface area contributed by atoms with Crippen molar-refractivity contribution in [3.05, 3.63) is 29.6 Å². The Morgan fingerprint density at radius 2 is 2.05 bits per heavy atom. The van der Waals surface area contributed by atoms with E-state index in [-0.39, 0.29) is 23.6 Å². The average Bonchev–Trinajstić information content (AvgIpc) is 3.22. The second kappa shape index (κ2) is 6.34. The number of sulfonamides is 1. The average molecular weight is 328 g/mol. The van der Waals surface area contributed by atoms with Gasteiger partial charge in [0.15, 0.2) is 0 Å². The van der Waals surface area contributed by atoms with Crippen molar-refractivity contribution < 1.29 is 17.6 Å². The smallest absolute Gasteiger partial charge is 0.254 e. The molecule has 1 amide bonds. The predicted octanol–water partition coefficient (Wildman–Crippen LogP) is 2.14. The molecule has 0 heterocycles. The molecule has 22 heavy (non-hydrogen) atoms. The fraction of sp³-hybridized carbons (Fsp3) is 0.533. The van der Waals surface area contributed by atoms with Crippen LogP contribution < -0.4 is 4.72 Å². The van der Waals surface area contributed by atoms with Gasteiger partial charge in [0.1, 0.15) is 10.7 Å². The lowest BCUT2D eigenvalue weighted by Crippen LogP contribution is -2.34. The number of amides is 1. The van der Waals surface area contributed by atoms with Gasteiger partial charge >= 0.3 is 0 Å². The van der Waals surface area contributed by atoms with E-state index in [0.29, 0.717) is 6.54 Å². The van der Waals surface area contributed by atoms with Gasteiger partial charge in [0.2, 0.25) is 10.0 Å². The van der Waals surface area contributed by atoms with Gasteiger partial charge < -0.3 is 4.90 Å². The molecule has 122 valence electrons. The van der Waals surface area contributed by atoms with E-state index >= 15 is 0 Å². The highest BCUT2D eigenvalue weighted by Gasteiger charge is 2.32. The summed E-state index contributed by atoms with van der Waals surface area (Å²) in [7, 11) is -3.98. The second-order valence-electron chi connectivity index (χ2n) is 5.74. The molecule has 0 unspecified atom stereocenters.